The third-order valence-corrected chi connectivity index (χ3v) is 5.43. The van der Waals surface area contributed by atoms with E-state index in [2.05, 4.69) is 36.1 Å². The van der Waals surface area contributed by atoms with Crippen molar-refractivity contribution in [3.8, 4) is 11.5 Å². The number of benzene rings is 3. The number of hydrogen-bond acceptors (Lipinski definition) is 4. The van der Waals surface area contributed by atoms with Gasteiger partial charge in [-0.2, -0.15) is 0 Å². The molecule has 0 saturated carbocycles. The van der Waals surface area contributed by atoms with Crippen molar-refractivity contribution >= 4 is 11.6 Å². The molecule has 0 N–H and O–H groups in total. The average molecular weight is 417 g/mol. The zero-order valence-electron chi connectivity index (χ0n) is 17.9. The normalized spacial score (nSPS) is 13.7. The summed E-state index contributed by atoms with van der Waals surface area (Å²) >= 11 is 0. The minimum absolute atomic E-state index is 0.0216. The SMILES string of the molecule is Cc1cccc(N2CCN(C(=O)COc3ccc(OCc4ccccc4)cc3)CC2)c1. The van der Waals surface area contributed by atoms with Crippen molar-refractivity contribution in [2.45, 2.75) is 13.5 Å². The highest BCUT2D eigenvalue weighted by Gasteiger charge is 2.21. The lowest BCUT2D eigenvalue weighted by Gasteiger charge is -2.36. The first kappa shape index (κ1) is 20.8. The number of ether oxygens (including phenoxy) is 2. The Hall–Kier alpha value is -3.47. The molecule has 1 aliphatic heterocycles. The number of hydrogen-bond donors (Lipinski definition) is 0. The molecular weight excluding hydrogens is 388 g/mol. The summed E-state index contributed by atoms with van der Waals surface area (Å²) < 4.78 is 11.5. The molecule has 5 nitrogen and oxygen atoms in total. The van der Waals surface area contributed by atoms with Gasteiger partial charge in [-0.25, -0.2) is 0 Å². The number of anilines is 1. The summed E-state index contributed by atoms with van der Waals surface area (Å²) in [6.45, 7) is 5.77. The summed E-state index contributed by atoms with van der Waals surface area (Å²) in [6.07, 6.45) is 0. The number of carbonyl (C=O) groups excluding carboxylic acids is 1. The Labute approximate surface area is 183 Å². The van der Waals surface area contributed by atoms with Crippen LogP contribution in [0.1, 0.15) is 11.1 Å². The van der Waals surface area contributed by atoms with E-state index in [1.807, 2.05) is 59.5 Å². The van der Waals surface area contributed by atoms with Gasteiger partial charge < -0.3 is 19.3 Å². The topological polar surface area (TPSA) is 42.0 Å². The standard InChI is InChI=1S/C26H28N2O3/c1-21-6-5-9-23(18-21)27-14-16-28(17-15-27)26(29)20-31-25-12-10-24(11-13-25)30-19-22-7-3-2-4-8-22/h2-13,18H,14-17,19-20H2,1H3. The van der Waals surface area contributed by atoms with Crippen LogP contribution in [0.5, 0.6) is 11.5 Å². The predicted octanol–water partition coefficient (Wildman–Crippen LogP) is 4.30. The van der Waals surface area contributed by atoms with E-state index in [0.717, 1.165) is 24.4 Å². The average Bonchev–Trinajstić information content (AvgIpc) is 2.82. The van der Waals surface area contributed by atoms with Gasteiger partial charge in [-0.15, -0.1) is 0 Å². The quantitative estimate of drug-likeness (QED) is 0.576. The first-order chi connectivity index (χ1) is 15.2. The molecule has 3 aromatic rings. The molecule has 1 aliphatic rings. The van der Waals surface area contributed by atoms with Crippen molar-refractivity contribution < 1.29 is 14.3 Å². The lowest BCUT2D eigenvalue weighted by atomic mass is 10.2. The van der Waals surface area contributed by atoms with Gasteiger partial charge in [0.2, 0.25) is 0 Å². The van der Waals surface area contributed by atoms with Crippen LogP contribution in [0.25, 0.3) is 0 Å². The van der Waals surface area contributed by atoms with Crippen molar-refractivity contribution in [1.29, 1.82) is 0 Å². The van der Waals surface area contributed by atoms with Gasteiger partial charge in [-0.3, -0.25) is 4.79 Å². The van der Waals surface area contributed by atoms with Crippen LogP contribution >= 0.6 is 0 Å². The number of nitrogens with zero attached hydrogens (tertiary/aromatic N) is 2. The summed E-state index contributed by atoms with van der Waals surface area (Å²) in [4.78, 5) is 16.8. The van der Waals surface area contributed by atoms with E-state index in [1.54, 1.807) is 0 Å². The Morgan fingerprint density at radius 1 is 0.806 bits per heavy atom. The first-order valence-electron chi connectivity index (χ1n) is 10.7. The molecule has 0 spiro atoms. The Kier molecular flexibility index (Phi) is 6.72. The van der Waals surface area contributed by atoms with Gasteiger partial charge >= 0.3 is 0 Å². The zero-order valence-corrected chi connectivity index (χ0v) is 17.9. The molecule has 0 unspecified atom stereocenters. The highest BCUT2D eigenvalue weighted by atomic mass is 16.5. The molecule has 1 saturated heterocycles. The molecule has 31 heavy (non-hydrogen) atoms. The summed E-state index contributed by atoms with van der Waals surface area (Å²) in [5.74, 6) is 1.46. The lowest BCUT2D eigenvalue weighted by Crippen LogP contribution is -2.50. The minimum Gasteiger partial charge on any atom is -0.489 e. The summed E-state index contributed by atoms with van der Waals surface area (Å²) in [6, 6.07) is 25.9. The van der Waals surface area contributed by atoms with Gasteiger partial charge in [-0.1, -0.05) is 42.5 Å². The summed E-state index contributed by atoms with van der Waals surface area (Å²) in [7, 11) is 0. The maximum Gasteiger partial charge on any atom is 0.260 e. The van der Waals surface area contributed by atoms with Gasteiger partial charge in [0.05, 0.1) is 0 Å². The van der Waals surface area contributed by atoms with E-state index >= 15 is 0 Å². The number of piperazine rings is 1. The van der Waals surface area contributed by atoms with E-state index in [-0.39, 0.29) is 12.5 Å². The summed E-state index contributed by atoms with van der Waals surface area (Å²) in [5.41, 5.74) is 3.59. The van der Waals surface area contributed by atoms with Crippen LogP contribution in [-0.4, -0.2) is 43.6 Å². The fourth-order valence-corrected chi connectivity index (χ4v) is 3.65. The van der Waals surface area contributed by atoms with Crippen LogP contribution in [0.15, 0.2) is 78.9 Å². The fraction of sp³-hybridized carbons (Fsp3) is 0.269. The molecule has 0 aromatic heterocycles. The van der Waals surface area contributed by atoms with Crippen molar-refractivity contribution in [1.82, 2.24) is 4.90 Å². The van der Waals surface area contributed by atoms with Crippen molar-refractivity contribution in [2.24, 2.45) is 0 Å². The fourth-order valence-electron chi connectivity index (χ4n) is 3.65. The number of rotatable bonds is 7. The van der Waals surface area contributed by atoms with Crippen molar-refractivity contribution in [2.75, 3.05) is 37.7 Å². The van der Waals surface area contributed by atoms with Crippen LogP contribution in [0.2, 0.25) is 0 Å². The van der Waals surface area contributed by atoms with Gasteiger partial charge in [0, 0.05) is 31.9 Å². The molecule has 0 radical (unpaired) electrons. The Morgan fingerprint density at radius 2 is 1.48 bits per heavy atom. The van der Waals surface area contributed by atoms with E-state index in [4.69, 9.17) is 9.47 Å². The van der Waals surface area contributed by atoms with Crippen molar-refractivity contribution in [3.05, 3.63) is 90.0 Å². The van der Waals surface area contributed by atoms with E-state index < -0.39 is 0 Å². The van der Waals surface area contributed by atoms with Crippen molar-refractivity contribution in [3.63, 3.8) is 0 Å². The van der Waals surface area contributed by atoms with Crippen LogP contribution in [0.4, 0.5) is 5.69 Å². The molecule has 160 valence electrons. The number of amides is 1. The predicted molar refractivity (Wildman–Crippen MR) is 123 cm³/mol. The molecule has 4 rings (SSSR count). The highest BCUT2D eigenvalue weighted by Crippen LogP contribution is 2.20. The Morgan fingerprint density at radius 3 is 2.16 bits per heavy atom. The molecule has 1 fully saturated rings. The second-order valence-electron chi connectivity index (χ2n) is 7.74. The van der Waals surface area contributed by atoms with Gasteiger partial charge in [0.25, 0.3) is 5.91 Å². The Balaban J connectivity index is 1.21. The van der Waals surface area contributed by atoms with Gasteiger partial charge in [0.15, 0.2) is 6.61 Å². The molecule has 5 heteroatoms. The van der Waals surface area contributed by atoms with Crippen LogP contribution in [-0.2, 0) is 11.4 Å². The summed E-state index contributed by atoms with van der Waals surface area (Å²) in [5, 5.41) is 0. The third kappa shape index (κ3) is 5.79. The second kappa shape index (κ2) is 10.0. The number of aryl methyl sites for hydroxylation is 1. The zero-order chi connectivity index (χ0) is 21.5. The van der Waals surface area contributed by atoms with Crippen LogP contribution in [0.3, 0.4) is 0 Å². The van der Waals surface area contributed by atoms with Crippen LogP contribution in [0, 0.1) is 6.92 Å². The second-order valence-corrected chi connectivity index (χ2v) is 7.74. The molecule has 3 aromatic carbocycles. The third-order valence-electron chi connectivity index (χ3n) is 5.43. The first-order valence-corrected chi connectivity index (χ1v) is 10.7. The minimum atomic E-state index is 0.0216. The smallest absolute Gasteiger partial charge is 0.260 e. The van der Waals surface area contributed by atoms with Crippen LogP contribution < -0.4 is 14.4 Å². The maximum atomic E-state index is 12.6. The lowest BCUT2D eigenvalue weighted by molar-refractivity contribution is -0.133. The molecule has 0 aliphatic carbocycles. The molecule has 1 amide bonds. The molecule has 0 atom stereocenters. The van der Waals surface area contributed by atoms with E-state index in [1.165, 1.54) is 11.3 Å². The maximum absolute atomic E-state index is 12.6. The largest absolute Gasteiger partial charge is 0.489 e. The number of carbonyl (C=O) groups is 1. The van der Waals surface area contributed by atoms with E-state index in [9.17, 15) is 4.79 Å². The van der Waals surface area contributed by atoms with Gasteiger partial charge in [-0.05, 0) is 54.4 Å². The highest BCUT2D eigenvalue weighted by molar-refractivity contribution is 5.78. The molecule has 0 bridgehead atoms. The monoisotopic (exact) mass is 416 g/mol. The molecular formula is C26H28N2O3. The Bertz CT molecular complexity index is 981. The van der Waals surface area contributed by atoms with E-state index in [0.29, 0.717) is 25.4 Å². The molecule has 1 heterocycles. The van der Waals surface area contributed by atoms with Gasteiger partial charge in [0.1, 0.15) is 18.1 Å².